The molecule has 1 aromatic carbocycles. The molecule has 6 nitrogen and oxygen atoms in total. The molecule has 2 aliphatic carbocycles. The summed E-state index contributed by atoms with van der Waals surface area (Å²) in [6, 6.07) is 11.2. The van der Waals surface area contributed by atoms with Gasteiger partial charge < -0.3 is 9.73 Å². The molecule has 6 rings (SSSR count). The Balaban J connectivity index is 1.14. The molecular weight excluding hydrogens is 376 g/mol. The van der Waals surface area contributed by atoms with E-state index in [2.05, 4.69) is 32.3 Å². The van der Waals surface area contributed by atoms with Crippen LogP contribution in [0.2, 0.25) is 0 Å². The van der Waals surface area contributed by atoms with Crippen LogP contribution in [0.1, 0.15) is 19.3 Å². The molecular formula is C24H22N4O2. The number of amides is 1. The lowest BCUT2D eigenvalue weighted by Gasteiger charge is -2.27. The van der Waals surface area contributed by atoms with Crippen LogP contribution in [0.25, 0.3) is 22.7 Å². The van der Waals surface area contributed by atoms with Gasteiger partial charge >= 0.3 is 0 Å². The molecule has 1 saturated heterocycles. The van der Waals surface area contributed by atoms with Crippen molar-refractivity contribution in [1.82, 2.24) is 14.9 Å². The summed E-state index contributed by atoms with van der Waals surface area (Å²) < 4.78 is 5.76. The Hall–Kier alpha value is -3.25. The van der Waals surface area contributed by atoms with Gasteiger partial charge in [0.05, 0.1) is 0 Å². The highest BCUT2D eigenvalue weighted by Crippen LogP contribution is 2.54. The van der Waals surface area contributed by atoms with Crippen LogP contribution >= 0.6 is 0 Å². The summed E-state index contributed by atoms with van der Waals surface area (Å²) in [6.45, 7) is 2.36. The Morgan fingerprint density at radius 3 is 2.77 bits per heavy atom. The van der Waals surface area contributed by atoms with Gasteiger partial charge in [0.1, 0.15) is 0 Å². The van der Waals surface area contributed by atoms with Crippen LogP contribution in [0.3, 0.4) is 0 Å². The molecule has 2 atom stereocenters. The lowest BCUT2D eigenvalue weighted by atomic mass is 10.0. The third-order valence-electron chi connectivity index (χ3n) is 6.47. The number of carbonyl (C=O) groups is 1. The van der Waals surface area contributed by atoms with E-state index in [4.69, 9.17) is 4.42 Å². The molecule has 6 heteroatoms. The van der Waals surface area contributed by atoms with E-state index in [9.17, 15) is 4.79 Å². The van der Waals surface area contributed by atoms with Crippen LogP contribution in [0.15, 0.2) is 70.8 Å². The zero-order valence-corrected chi connectivity index (χ0v) is 16.5. The lowest BCUT2D eigenvalue weighted by Crippen LogP contribution is -2.36. The number of pyridine rings is 1. The second-order valence-electron chi connectivity index (χ2n) is 8.33. The Morgan fingerprint density at radius 1 is 1.17 bits per heavy atom. The van der Waals surface area contributed by atoms with E-state index in [0.29, 0.717) is 23.0 Å². The molecule has 3 heterocycles. The van der Waals surface area contributed by atoms with Crippen LogP contribution in [0.4, 0.5) is 5.69 Å². The van der Waals surface area contributed by atoms with E-state index >= 15 is 0 Å². The molecule has 2 aromatic heterocycles. The number of hydrogen-bond acceptors (Lipinski definition) is 5. The number of aromatic nitrogens is 2. The third kappa shape index (κ3) is 2.87. The minimum Gasteiger partial charge on any atom is -0.434 e. The number of benzene rings is 1. The molecule has 0 spiro atoms. The highest BCUT2D eigenvalue weighted by atomic mass is 16.3. The first-order chi connectivity index (χ1) is 14.7. The van der Waals surface area contributed by atoms with Gasteiger partial charge in [0.2, 0.25) is 5.89 Å². The molecule has 1 saturated carbocycles. The number of rotatable bonds is 4. The number of nitrogens with one attached hydrogen (secondary N) is 1. The van der Waals surface area contributed by atoms with E-state index in [-0.39, 0.29) is 11.4 Å². The average Bonchev–Trinajstić information content (AvgIpc) is 3.10. The van der Waals surface area contributed by atoms with Gasteiger partial charge in [0.15, 0.2) is 11.2 Å². The minimum absolute atomic E-state index is 0.0630. The Morgan fingerprint density at radius 2 is 2.00 bits per heavy atom. The predicted molar refractivity (Wildman–Crippen MR) is 115 cm³/mol. The van der Waals surface area contributed by atoms with Crippen molar-refractivity contribution in [3.05, 3.63) is 66.4 Å². The predicted octanol–water partition coefficient (Wildman–Crippen LogP) is 4.18. The molecule has 0 bridgehead atoms. The number of nitrogens with zero attached hydrogens (tertiary/aromatic N) is 3. The molecule has 150 valence electrons. The minimum atomic E-state index is -0.0630. The number of likely N-dealkylation sites (tertiary alicyclic amines) is 1. The summed E-state index contributed by atoms with van der Waals surface area (Å²) in [7, 11) is 0. The highest BCUT2D eigenvalue weighted by Gasteiger charge is 2.56. The van der Waals surface area contributed by atoms with Gasteiger partial charge in [-0.25, -0.2) is 4.98 Å². The maximum Gasteiger partial charge on any atom is 0.255 e. The Kier molecular flexibility index (Phi) is 3.89. The van der Waals surface area contributed by atoms with E-state index in [1.165, 1.54) is 25.9 Å². The second-order valence-corrected chi connectivity index (χ2v) is 8.33. The van der Waals surface area contributed by atoms with Crippen molar-refractivity contribution in [2.24, 2.45) is 5.92 Å². The average molecular weight is 398 g/mol. The van der Waals surface area contributed by atoms with Gasteiger partial charge in [0.25, 0.3) is 5.91 Å². The summed E-state index contributed by atoms with van der Waals surface area (Å²) in [5.74, 6) is 0.926. The number of hydrogen-bond donors (Lipinski definition) is 1. The standard InChI is InChI=1S/C24H22N4O2/c29-22(17-9-10-24(15-18(24)14-17)28-12-1-2-13-28)26-19-7-5-16(6-8-19)23-27-21-20(30-23)4-3-11-25-21/h3-11,14,18H,1-2,12-13,15H2,(H,26,29). The maximum absolute atomic E-state index is 12.7. The topological polar surface area (TPSA) is 71.3 Å². The van der Waals surface area contributed by atoms with Gasteiger partial charge in [0, 0.05) is 34.5 Å². The fourth-order valence-electron chi connectivity index (χ4n) is 4.74. The van der Waals surface area contributed by atoms with E-state index in [1.807, 2.05) is 42.5 Å². The Labute approximate surface area is 174 Å². The van der Waals surface area contributed by atoms with Crippen molar-refractivity contribution in [3.8, 4) is 11.5 Å². The smallest absolute Gasteiger partial charge is 0.255 e. The van der Waals surface area contributed by atoms with Crippen LogP contribution in [-0.2, 0) is 4.79 Å². The summed E-state index contributed by atoms with van der Waals surface area (Å²) in [4.78, 5) is 23.9. The van der Waals surface area contributed by atoms with Crippen molar-refractivity contribution >= 4 is 22.8 Å². The molecule has 2 fully saturated rings. The molecule has 3 aliphatic rings. The second kappa shape index (κ2) is 6.64. The zero-order valence-electron chi connectivity index (χ0n) is 16.5. The first-order valence-corrected chi connectivity index (χ1v) is 10.5. The largest absolute Gasteiger partial charge is 0.434 e. The fraction of sp³-hybridized carbons (Fsp3) is 0.292. The highest BCUT2D eigenvalue weighted by molar-refractivity contribution is 6.06. The third-order valence-corrected chi connectivity index (χ3v) is 6.47. The quantitative estimate of drug-likeness (QED) is 0.714. The summed E-state index contributed by atoms with van der Waals surface area (Å²) in [6.07, 6.45) is 11.8. The van der Waals surface area contributed by atoms with Crippen LogP contribution in [0, 0.1) is 5.92 Å². The summed E-state index contributed by atoms with van der Waals surface area (Å²) in [5.41, 5.74) is 3.78. The number of carbonyl (C=O) groups excluding carboxylic acids is 1. The van der Waals surface area contributed by atoms with Crippen molar-refractivity contribution in [2.75, 3.05) is 18.4 Å². The lowest BCUT2D eigenvalue weighted by molar-refractivity contribution is -0.112. The number of fused-ring (bicyclic) bond motifs is 2. The molecule has 1 aliphatic heterocycles. The monoisotopic (exact) mass is 398 g/mol. The van der Waals surface area contributed by atoms with Gasteiger partial charge in [-0.2, -0.15) is 4.98 Å². The molecule has 30 heavy (non-hydrogen) atoms. The van der Waals surface area contributed by atoms with Gasteiger partial charge in [-0.1, -0.05) is 18.2 Å². The molecule has 2 unspecified atom stereocenters. The van der Waals surface area contributed by atoms with Gasteiger partial charge in [-0.3, -0.25) is 9.69 Å². The fourth-order valence-corrected chi connectivity index (χ4v) is 4.74. The normalized spacial score (nSPS) is 25.2. The van der Waals surface area contributed by atoms with E-state index in [1.54, 1.807) is 6.20 Å². The van der Waals surface area contributed by atoms with Crippen LogP contribution < -0.4 is 5.32 Å². The molecule has 1 N–H and O–H groups in total. The summed E-state index contributed by atoms with van der Waals surface area (Å²) in [5, 5.41) is 3.00. The first-order valence-electron chi connectivity index (χ1n) is 10.5. The van der Waals surface area contributed by atoms with Crippen molar-refractivity contribution in [1.29, 1.82) is 0 Å². The molecule has 0 radical (unpaired) electrons. The maximum atomic E-state index is 12.7. The SMILES string of the molecule is O=C(Nc1ccc(-c2nc3ncccc3o2)cc1)C1=CC2CC2(N2CCCC2)C=C1. The number of anilines is 1. The number of oxazole rings is 1. The van der Waals surface area contributed by atoms with E-state index < -0.39 is 0 Å². The molecule has 3 aromatic rings. The van der Waals surface area contributed by atoms with Crippen molar-refractivity contribution < 1.29 is 9.21 Å². The van der Waals surface area contributed by atoms with Crippen molar-refractivity contribution in [2.45, 2.75) is 24.8 Å². The zero-order chi connectivity index (χ0) is 20.1. The first kappa shape index (κ1) is 17.6. The van der Waals surface area contributed by atoms with E-state index in [0.717, 1.165) is 23.2 Å². The Bertz CT molecular complexity index is 1150. The van der Waals surface area contributed by atoms with Gasteiger partial charge in [-0.15, -0.1) is 0 Å². The molecule has 1 amide bonds. The van der Waals surface area contributed by atoms with Crippen LogP contribution in [-0.4, -0.2) is 39.4 Å². The summed E-state index contributed by atoms with van der Waals surface area (Å²) >= 11 is 0. The van der Waals surface area contributed by atoms with Gasteiger partial charge in [-0.05, 0) is 68.8 Å². The van der Waals surface area contributed by atoms with Crippen molar-refractivity contribution in [3.63, 3.8) is 0 Å². The van der Waals surface area contributed by atoms with Crippen LogP contribution in [0.5, 0.6) is 0 Å².